The van der Waals surface area contributed by atoms with Crippen LogP contribution in [0.4, 0.5) is 0 Å². The van der Waals surface area contributed by atoms with E-state index in [1.165, 1.54) is 0 Å². The second-order valence-electron chi connectivity index (χ2n) is 0. The zero-order valence-electron chi connectivity index (χ0n) is 2.29. The van der Waals surface area contributed by atoms with E-state index in [9.17, 15) is 0 Å². The molecule has 0 saturated heterocycles. The first kappa shape index (κ1) is 36.3. The molecule has 0 amide bonds. The summed E-state index contributed by atoms with van der Waals surface area (Å²) in [6.45, 7) is 0. The van der Waals surface area contributed by atoms with E-state index in [2.05, 4.69) is 0 Å². The fourth-order valence-electron chi connectivity index (χ4n) is 0. The molecule has 1 radical (unpaired) electrons. The summed E-state index contributed by atoms with van der Waals surface area (Å²) in [5.74, 6) is 0. The first-order chi connectivity index (χ1) is 0. The van der Waals surface area contributed by atoms with Crippen LogP contribution in [0.3, 0.4) is 0 Å². The molecule has 21 valence electrons. The molecular weight excluding hydrogens is 126 g/mol. The van der Waals surface area contributed by atoms with Gasteiger partial charge in [0.15, 0.2) is 0 Å². The van der Waals surface area contributed by atoms with Crippen molar-refractivity contribution in [3.63, 3.8) is 0 Å². The molecule has 0 aromatic rings. The van der Waals surface area contributed by atoms with Crippen LogP contribution in [0, 0.1) is 0 Å². The average Bonchev–Trinajstić information content (AvgIpc) is 0. The molecule has 0 unspecified atom stereocenters. The van der Waals surface area contributed by atoms with Gasteiger partial charge >= 0.3 is 68.5 Å². The van der Waals surface area contributed by atoms with Crippen molar-refractivity contribution in [3.05, 3.63) is 0 Å². The Morgan fingerprint density at radius 1 is 1.00 bits per heavy atom. The summed E-state index contributed by atoms with van der Waals surface area (Å²) < 4.78 is 0. The Bertz CT molecular complexity index is 6.00. The molecule has 0 bridgehead atoms. The van der Waals surface area contributed by atoms with Crippen molar-refractivity contribution >= 4 is 0 Å². The number of hydrogen-bond donors (Lipinski definition) is 0. The Hall–Kier alpha value is 2.08. The fourth-order valence-corrected chi connectivity index (χ4v) is 0. The Labute approximate surface area is 77.8 Å². The Morgan fingerprint density at radius 3 is 1.00 bits per heavy atom. The molecule has 0 aliphatic carbocycles. The van der Waals surface area contributed by atoms with Gasteiger partial charge in [-0.2, -0.15) is 0 Å². The van der Waals surface area contributed by atoms with Gasteiger partial charge in [0.25, 0.3) is 0 Å². The van der Waals surface area contributed by atoms with Gasteiger partial charge in [-0.25, -0.2) is 0 Å². The van der Waals surface area contributed by atoms with Crippen molar-refractivity contribution in [1.82, 2.24) is 0 Å². The van der Waals surface area contributed by atoms with E-state index in [4.69, 9.17) is 0 Å². The normalized spacial score (nSPS) is 0. The molecular formula is H2KMnO2+. The first-order valence-corrected chi connectivity index (χ1v) is 0. The maximum Gasteiger partial charge on any atom is 2.00 e. The molecule has 4 heavy (non-hydrogen) atoms. The third-order valence-electron chi connectivity index (χ3n) is 0. The van der Waals surface area contributed by atoms with E-state index in [-0.39, 0.29) is 79.4 Å². The van der Waals surface area contributed by atoms with E-state index in [1.54, 1.807) is 0 Å². The summed E-state index contributed by atoms with van der Waals surface area (Å²) in [6.07, 6.45) is 0. The van der Waals surface area contributed by atoms with E-state index in [1.807, 2.05) is 0 Å². The number of hydrogen-bond acceptors (Lipinski definition) is 0. The molecule has 0 saturated carbocycles. The molecule has 0 aliphatic rings. The molecule has 0 aromatic carbocycles. The smallest absolute Gasteiger partial charge is 2.00 e. The first-order valence-electron chi connectivity index (χ1n) is 0. The largest absolute Gasteiger partial charge is 2.00 e. The van der Waals surface area contributed by atoms with Crippen LogP contribution in [0.25, 0.3) is 0 Å². The second kappa shape index (κ2) is 19.6. The van der Waals surface area contributed by atoms with E-state index >= 15 is 0 Å². The van der Waals surface area contributed by atoms with Gasteiger partial charge in [0.2, 0.25) is 0 Å². The van der Waals surface area contributed by atoms with Gasteiger partial charge in [-0.05, 0) is 0 Å². The van der Waals surface area contributed by atoms with Crippen LogP contribution < -0.4 is 51.4 Å². The van der Waals surface area contributed by atoms with E-state index in [0.717, 1.165) is 0 Å². The minimum atomic E-state index is 0. The average molecular weight is 128 g/mol. The summed E-state index contributed by atoms with van der Waals surface area (Å²) in [4.78, 5) is 0. The van der Waals surface area contributed by atoms with Crippen molar-refractivity contribution < 1.29 is 79.4 Å². The SMILES string of the molecule is O.[K+].[Mn+2].[O-2]. The Balaban J connectivity index is 0. The van der Waals surface area contributed by atoms with Gasteiger partial charge in [0.1, 0.15) is 0 Å². The third kappa shape index (κ3) is 8.95. The zero-order chi connectivity index (χ0) is 0. The number of rotatable bonds is 0. The van der Waals surface area contributed by atoms with Crippen molar-refractivity contribution in [2.24, 2.45) is 0 Å². The third-order valence-corrected chi connectivity index (χ3v) is 0. The van der Waals surface area contributed by atoms with E-state index < -0.39 is 0 Å². The van der Waals surface area contributed by atoms with Gasteiger partial charge in [-0.3, -0.25) is 0 Å². The molecule has 4 heteroatoms. The molecule has 0 rings (SSSR count). The molecule has 0 fully saturated rings. The predicted octanol–water partition coefficient (Wildman–Crippen LogP) is -3.94. The van der Waals surface area contributed by atoms with E-state index in [0.29, 0.717) is 0 Å². The minimum Gasteiger partial charge on any atom is -2.00 e. The minimum absolute atomic E-state index is 0. The Morgan fingerprint density at radius 2 is 1.00 bits per heavy atom. The van der Waals surface area contributed by atoms with Crippen molar-refractivity contribution in [3.8, 4) is 0 Å². The summed E-state index contributed by atoms with van der Waals surface area (Å²) in [6, 6.07) is 0. The van der Waals surface area contributed by atoms with Gasteiger partial charge in [0.05, 0.1) is 0 Å². The molecule has 0 aliphatic heterocycles. The van der Waals surface area contributed by atoms with Gasteiger partial charge < -0.3 is 11.0 Å². The summed E-state index contributed by atoms with van der Waals surface area (Å²) in [5, 5.41) is 0. The molecule has 0 aromatic heterocycles. The zero-order valence-corrected chi connectivity index (χ0v) is 6.59. The molecule has 2 N–H and O–H groups in total. The van der Waals surface area contributed by atoms with Crippen molar-refractivity contribution in [2.45, 2.75) is 0 Å². The van der Waals surface area contributed by atoms with Gasteiger partial charge in [0, 0.05) is 0 Å². The second-order valence-corrected chi connectivity index (χ2v) is 0. The Kier molecular flexibility index (Phi) is 178. The summed E-state index contributed by atoms with van der Waals surface area (Å²) >= 11 is 0. The topological polar surface area (TPSA) is 60.0 Å². The summed E-state index contributed by atoms with van der Waals surface area (Å²) in [7, 11) is 0. The van der Waals surface area contributed by atoms with Crippen molar-refractivity contribution in [1.29, 1.82) is 0 Å². The van der Waals surface area contributed by atoms with Crippen LogP contribution in [0.5, 0.6) is 0 Å². The van der Waals surface area contributed by atoms with Crippen LogP contribution in [0.1, 0.15) is 0 Å². The van der Waals surface area contributed by atoms with Gasteiger partial charge in [-0.15, -0.1) is 0 Å². The quantitative estimate of drug-likeness (QED) is 0.299. The van der Waals surface area contributed by atoms with Crippen LogP contribution in [0.15, 0.2) is 0 Å². The molecule has 0 heterocycles. The maximum atomic E-state index is 0. The predicted molar refractivity (Wildman–Crippen MR) is 4.30 cm³/mol. The van der Waals surface area contributed by atoms with Crippen LogP contribution in [-0.2, 0) is 22.5 Å². The van der Waals surface area contributed by atoms with Crippen LogP contribution in [0.2, 0.25) is 0 Å². The fraction of sp³-hybridized carbons (Fsp3) is 0. The van der Waals surface area contributed by atoms with Crippen LogP contribution >= 0.6 is 0 Å². The standard InChI is InChI=1S/K.Mn.H2O.O/h;;1H2;/q+1;+2;;-2. The maximum absolute atomic E-state index is 0. The molecule has 0 spiro atoms. The van der Waals surface area contributed by atoms with Crippen LogP contribution in [-0.4, -0.2) is 5.48 Å². The molecule has 2 nitrogen and oxygen atoms in total. The van der Waals surface area contributed by atoms with Gasteiger partial charge in [-0.1, -0.05) is 0 Å². The molecule has 0 atom stereocenters. The summed E-state index contributed by atoms with van der Waals surface area (Å²) in [5.41, 5.74) is 0. The monoisotopic (exact) mass is 128 g/mol. The van der Waals surface area contributed by atoms with Crippen molar-refractivity contribution in [2.75, 3.05) is 0 Å².